The molecule has 5 heteroatoms. The highest BCUT2D eigenvalue weighted by atomic mass is 19.1. The predicted octanol–water partition coefficient (Wildman–Crippen LogP) is 2.31. The second kappa shape index (κ2) is 4.86. The summed E-state index contributed by atoms with van der Waals surface area (Å²) in [6.07, 6.45) is 3.04. The van der Waals surface area contributed by atoms with Crippen LogP contribution in [0, 0.1) is 5.82 Å². The van der Waals surface area contributed by atoms with Gasteiger partial charge in [0, 0.05) is 12.1 Å². The molecule has 4 nitrogen and oxygen atoms in total. The van der Waals surface area contributed by atoms with E-state index in [0.29, 0.717) is 6.29 Å². The lowest BCUT2D eigenvalue weighted by atomic mass is 10.1. The molecular formula is C12H12FN3O. The minimum Gasteiger partial charge on any atom is -0.298 e. The molecule has 0 saturated carbocycles. The van der Waals surface area contributed by atoms with Crippen molar-refractivity contribution in [3.63, 3.8) is 0 Å². The van der Waals surface area contributed by atoms with Gasteiger partial charge in [0.15, 0.2) is 6.29 Å². The maximum Gasteiger partial charge on any atom is 0.153 e. The van der Waals surface area contributed by atoms with Crippen LogP contribution in [0.1, 0.15) is 23.7 Å². The van der Waals surface area contributed by atoms with Gasteiger partial charge in [0.2, 0.25) is 0 Å². The van der Waals surface area contributed by atoms with Crippen LogP contribution >= 0.6 is 0 Å². The fourth-order valence-corrected chi connectivity index (χ4v) is 1.65. The van der Waals surface area contributed by atoms with Crippen molar-refractivity contribution in [1.82, 2.24) is 15.0 Å². The maximum atomic E-state index is 13.2. The number of hydrogen-bond acceptors (Lipinski definition) is 3. The highest BCUT2D eigenvalue weighted by Gasteiger charge is 2.09. The number of aldehydes is 1. The summed E-state index contributed by atoms with van der Waals surface area (Å²) in [5.41, 5.74) is 1.58. The summed E-state index contributed by atoms with van der Waals surface area (Å²) in [7, 11) is 0. The molecule has 2 rings (SSSR count). The number of hydrogen-bond donors (Lipinski definition) is 0. The third kappa shape index (κ3) is 2.22. The van der Waals surface area contributed by atoms with Crippen molar-refractivity contribution in [2.24, 2.45) is 0 Å². The number of aryl methyl sites for hydroxylation is 1. The van der Waals surface area contributed by atoms with Gasteiger partial charge in [-0.2, -0.15) is 0 Å². The topological polar surface area (TPSA) is 47.8 Å². The zero-order valence-corrected chi connectivity index (χ0v) is 9.43. The number of aromatic nitrogens is 3. The van der Waals surface area contributed by atoms with Crippen LogP contribution < -0.4 is 0 Å². The molecule has 0 atom stereocenters. The highest BCUT2D eigenvalue weighted by Crippen LogP contribution is 2.20. The second-order valence-electron chi connectivity index (χ2n) is 3.70. The molecule has 0 unspecified atom stereocenters. The summed E-state index contributed by atoms with van der Waals surface area (Å²) < 4.78 is 14.9. The zero-order chi connectivity index (χ0) is 12.3. The lowest BCUT2D eigenvalue weighted by molar-refractivity contribution is 0.112. The summed E-state index contributed by atoms with van der Waals surface area (Å²) in [6, 6.07) is 4.41. The van der Waals surface area contributed by atoms with Gasteiger partial charge in [-0.1, -0.05) is 12.1 Å². The van der Waals surface area contributed by atoms with E-state index < -0.39 is 5.82 Å². The fourth-order valence-electron chi connectivity index (χ4n) is 1.65. The Morgan fingerprint density at radius 1 is 1.47 bits per heavy atom. The first-order valence-electron chi connectivity index (χ1n) is 5.40. The van der Waals surface area contributed by atoms with Gasteiger partial charge in [-0.15, -0.1) is 5.10 Å². The Bertz CT molecular complexity index is 536. The second-order valence-corrected chi connectivity index (χ2v) is 3.70. The number of carbonyl (C=O) groups is 1. The van der Waals surface area contributed by atoms with Crippen LogP contribution in [0.5, 0.6) is 0 Å². The van der Waals surface area contributed by atoms with Crippen molar-refractivity contribution < 1.29 is 9.18 Å². The monoisotopic (exact) mass is 233 g/mol. The van der Waals surface area contributed by atoms with Gasteiger partial charge in [-0.05, 0) is 24.6 Å². The molecule has 0 bridgehead atoms. The van der Waals surface area contributed by atoms with Crippen LogP contribution in [0.3, 0.4) is 0 Å². The SMILES string of the molecule is CCCn1nncc1-c1ccc(F)c(C=O)c1. The fraction of sp³-hybridized carbons (Fsp3) is 0.250. The maximum absolute atomic E-state index is 13.2. The van der Waals surface area contributed by atoms with E-state index in [-0.39, 0.29) is 5.56 Å². The summed E-state index contributed by atoms with van der Waals surface area (Å²) in [5.74, 6) is -0.515. The average Bonchev–Trinajstić information content (AvgIpc) is 2.78. The molecule has 0 aliphatic heterocycles. The molecule has 88 valence electrons. The largest absolute Gasteiger partial charge is 0.298 e. The van der Waals surface area contributed by atoms with E-state index in [1.54, 1.807) is 16.9 Å². The normalized spacial score (nSPS) is 10.5. The number of halogens is 1. The molecule has 0 saturated heterocycles. The van der Waals surface area contributed by atoms with Crippen LogP contribution in [0.25, 0.3) is 11.3 Å². The summed E-state index contributed by atoms with van der Waals surface area (Å²) >= 11 is 0. The Kier molecular flexibility index (Phi) is 3.27. The molecule has 1 aromatic carbocycles. The van der Waals surface area contributed by atoms with Gasteiger partial charge in [0.1, 0.15) is 5.82 Å². The van der Waals surface area contributed by atoms with E-state index >= 15 is 0 Å². The van der Waals surface area contributed by atoms with Crippen molar-refractivity contribution in [3.05, 3.63) is 35.8 Å². The average molecular weight is 233 g/mol. The summed E-state index contributed by atoms with van der Waals surface area (Å²) in [5, 5.41) is 7.77. The Morgan fingerprint density at radius 2 is 2.29 bits per heavy atom. The van der Waals surface area contributed by atoms with E-state index in [9.17, 15) is 9.18 Å². The Hall–Kier alpha value is -2.04. The molecule has 0 fully saturated rings. The molecular weight excluding hydrogens is 221 g/mol. The van der Waals surface area contributed by atoms with E-state index in [1.165, 1.54) is 12.1 Å². The van der Waals surface area contributed by atoms with E-state index in [0.717, 1.165) is 24.2 Å². The Balaban J connectivity index is 2.45. The Morgan fingerprint density at radius 3 is 3.00 bits per heavy atom. The summed E-state index contributed by atoms with van der Waals surface area (Å²) in [4.78, 5) is 10.7. The smallest absolute Gasteiger partial charge is 0.153 e. The van der Waals surface area contributed by atoms with Crippen molar-refractivity contribution in [2.45, 2.75) is 19.9 Å². The van der Waals surface area contributed by atoms with Crippen molar-refractivity contribution in [3.8, 4) is 11.3 Å². The molecule has 0 aliphatic rings. The Labute approximate surface area is 98.1 Å². The van der Waals surface area contributed by atoms with Gasteiger partial charge in [0.05, 0.1) is 17.5 Å². The van der Waals surface area contributed by atoms with Gasteiger partial charge in [0.25, 0.3) is 0 Å². The van der Waals surface area contributed by atoms with Crippen molar-refractivity contribution in [1.29, 1.82) is 0 Å². The number of nitrogens with zero attached hydrogens (tertiary/aromatic N) is 3. The lowest BCUT2D eigenvalue weighted by Gasteiger charge is -2.05. The van der Waals surface area contributed by atoms with Crippen LogP contribution in [-0.2, 0) is 6.54 Å². The van der Waals surface area contributed by atoms with Gasteiger partial charge < -0.3 is 0 Å². The van der Waals surface area contributed by atoms with Crippen LogP contribution in [0.15, 0.2) is 24.4 Å². The molecule has 17 heavy (non-hydrogen) atoms. The minimum atomic E-state index is -0.515. The number of rotatable bonds is 4. The van der Waals surface area contributed by atoms with Gasteiger partial charge >= 0.3 is 0 Å². The van der Waals surface area contributed by atoms with E-state index in [1.807, 2.05) is 6.92 Å². The first kappa shape index (κ1) is 11.4. The zero-order valence-electron chi connectivity index (χ0n) is 9.43. The molecule has 0 spiro atoms. The molecule has 1 heterocycles. The van der Waals surface area contributed by atoms with Gasteiger partial charge in [-0.25, -0.2) is 9.07 Å². The molecule has 1 aromatic heterocycles. The quantitative estimate of drug-likeness (QED) is 0.761. The van der Waals surface area contributed by atoms with Crippen LogP contribution in [0.4, 0.5) is 4.39 Å². The minimum absolute atomic E-state index is 0.0479. The predicted molar refractivity (Wildman–Crippen MR) is 61.1 cm³/mol. The molecule has 0 radical (unpaired) electrons. The molecule has 0 amide bonds. The standard InChI is InChI=1S/C12H12FN3O/c1-2-5-16-12(7-14-15-16)9-3-4-11(13)10(6-9)8-17/h3-4,6-8H,2,5H2,1H3. The van der Waals surface area contributed by atoms with Crippen molar-refractivity contribution in [2.75, 3.05) is 0 Å². The number of carbonyl (C=O) groups excluding carboxylic acids is 1. The third-order valence-electron chi connectivity index (χ3n) is 2.47. The highest BCUT2D eigenvalue weighted by molar-refractivity contribution is 5.78. The van der Waals surface area contributed by atoms with E-state index in [4.69, 9.17) is 0 Å². The van der Waals surface area contributed by atoms with E-state index in [2.05, 4.69) is 10.3 Å². The first-order chi connectivity index (χ1) is 8.26. The molecule has 0 N–H and O–H groups in total. The van der Waals surface area contributed by atoms with Crippen molar-refractivity contribution >= 4 is 6.29 Å². The van der Waals surface area contributed by atoms with Crippen LogP contribution in [0.2, 0.25) is 0 Å². The molecule has 2 aromatic rings. The first-order valence-corrected chi connectivity index (χ1v) is 5.40. The lowest BCUT2D eigenvalue weighted by Crippen LogP contribution is -2.02. The van der Waals surface area contributed by atoms with Gasteiger partial charge in [-0.3, -0.25) is 4.79 Å². The van der Waals surface area contributed by atoms with Crippen LogP contribution in [-0.4, -0.2) is 21.3 Å². The molecule has 0 aliphatic carbocycles. The third-order valence-corrected chi connectivity index (χ3v) is 2.47. The number of benzene rings is 1. The summed E-state index contributed by atoms with van der Waals surface area (Å²) in [6.45, 7) is 2.77.